The van der Waals surface area contributed by atoms with Crippen molar-refractivity contribution in [3.8, 4) is 0 Å². The van der Waals surface area contributed by atoms with Crippen molar-refractivity contribution in [1.82, 2.24) is 5.32 Å². The number of nitrogens with zero attached hydrogens (tertiary/aromatic N) is 1. The molecule has 0 spiro atoms. The number of nitrogens with one attached hydrogen (secondary N) is 1. The second-order valence-electron chi connectivity index (χ2n) is 3.94. The van der Waals surface area contributed by atoms with Gasteiger partial charge in [0, 0.05) is 12.2 Å². The Morgan fingerprint density at radius 3 is 2.50 bits per heavy atom. The molecule has 0 aliphatic rings. The largest absolute Gasteiger partial charge is 0.344 e. The van der Waals surface area contributed by atoms with Crippen molar-refractivity contribution in [1.29, 1.82) is 0 Å². The van der Waals surface area contributed by atoms with Gasteiger partial charge in [-0.2, -0.15) is 0 Å². The van der Waals surface area contributed by atoms with Gasteiger partial charge in [0.2, 0.25) is 0 Å². The second kappa shape index (κ2) is 6.11. The molecule has 2 heteroatoms. The van der Waals surface area contributed by atoms with Crippen LogP contribution in [-0.2, 0) is 0 Å². The average Bonchev–Trinajstić information content (AvgIpc) is 2.27. The molecule has 0 aromatic heterocycles. The lowest BCUT2D eigenvalue weighted by atomic mass is 10.1. The predicted octanol–water partition coefficient (Wildman–Crippen LogP) is 3.38. The van der Waals surface area contributed by atoms with Crippen molar-refractivity contribution in [2.75, 3.05) is 6.54 Å². The average molecular weight is 216 g/mol. The third-order valence-electron chi connectivity index (χ3n) is 2.30. The maximum absolute atomic E-state index is 4.37. The third kappa shape index (κ3) is 3.89. The van der Waals surface area contributed by atoms with Gasteiger partial charge in [0.05, 0.1) is 5.84 Å². The summed E-state index contributed by atoms with van der Waals surface area (Å²) in [7, 11) is 0. The molecule has 0 bridgehead atoms. The first-order chi connectivity index (χ1) is 7.63. The number of aryl methyl sites for hydroxylation is 1. The second-order valence-corrected chi connectivity index (χ2v) is 3.94. The summed E-state index contributed by atoms with van der Waals surface area (Å²) in [6.07, 6.45) is 1.07. The van der Waals surface area contributed by atoms with Gasteiger partial charge in [-0.1, -0.05) is 43.3 Å². The normalized spacial score (nSPS) is 11.3. The van der Waals surface area contributed by atoms with Gasteiger partial charge in [-0.15, -0.1) is 0 Å². The summed E-state index contributed by atoms with van der Waals surface area (Å²) < 4.78 is 0. The molecule has 16 heavy (non-hydrogen) atoms. The summed E-state index contributed by atoms with van der Waals surface area (Å²) in [6.45, 7) is 11.0. The summed E-state index contributed by atoms with van der Waals surface area (Å²) in [4.78, 5) is 4.37. The zero-order chi connectivity index (χ0) is 12.0. The fourth-order valence-corrected chi connectivity index (χ4v) is 1.36. The molecule has 1 rings (SSSR count). The molecule has 0 saturated heterocycles. The van der Waals surface area contributed by atoms with Gasteiger partial charge in [-0.3, -0.25) is 4.99 Å². The Balaban J connectivity index is 2.62. The van der Waals surface area contributed by atoms with Crippen molar-refractivity contribution in [2.45, 2.75) is 27.2 Å². The van der Waals surface area contributed by atoms with Crippen LogP contribution in [0, 0.1) is 6.92 Å². The van der Waals surface area contributed by atoms with Crippen LogP contribution in [0.25, 0.3) is 5.70 Å². The fourth-order valence-electron chi connectivity index (χ4n) is 1.36. The first-order valence-electron chi connectivity index (χ1n) is 5.67. The van der Waals surface area contributed by atoms with Gasteiger partial charge in [0.25, 0.3) is 0 Å². The van der Waals surface area contributed by atoms with Crippen molar-refractivity contribution in [3.05, 3.63) is 42.0 Å². The lowest BCUT2D eigenvalue weighted by molar-refractivity contribution is 0.923. The van der Waals surface area contributed by atoms with E-state index in [9.17, 15) is 0 Å². The quantitative estimate of drug-likeness (QED) is 0.605. The smallest absolute Gasteiger partial charge is 0.0975 e. The zero-order valence-corrected chi connectivity index (χ0v) is 10.4. The standard InChI is InChI=1S/C14H20N2/c1-5-10-15-13(4)16-12(3)14-8-6-11(2)7-9-14/h6-9H,3,5,10H2,1-2,4H3,(H,15,16). The molecule has 1 aromatic carbocycles. The Morgan fingerprint density at radius 1 is 1.31 bits per heavy atom. The van der Waals surface area contributed by atoms with Crippen molar-refractivity contribution >= 4 is 11.5 Å². The van der Waals surface area contributed by atoms with E-state index in [1.807, 2.05) is 6.92 Å². The summed E-state index contributed by atoms with van der Waals surface area (Å²) >= 11 is 0. The molecule has 0 fully saturated rings. The van der Waals surface area contributed by atoms with E-state index < -0.39 is 0 Å². The molecule has 0 aliphatic heterocycles. The minimum absolute atomic E-state index is 0.861. The Kier molecular flexibility index (Phi) is 4.77. The zero-order valence-electron chi connectivity index (χ0n) is 10.4. The first kappa shape index (κ1) is 12.5. The highest BCUT2D eigenvalue weighted by Gasteiger charge is 1.98. The van der Waals surface area contributed by atoms with E-state index in [1.54, 1.807) is 0 Å². The molecule has 0 amide bonds. The van der Waals surface area contributed by atoms with Gasteiger partial charge in [-0.05, 0) is 25.8 Å². The number of hydrogen-bond donors (Lipinski definition) is 1. The van der Waals surface area contributed by atoms with E-state index in [1.165, 1.54) is 5.56 Å². The molecule has 1 N–H and O–H groups in total. The minimum atomic E-state index is 0.861. The third-order valence-corrected chi connectivity index (χ3v) is 2.30. The molecule has 0 saturated carbocycles. The highest BCUT2D eigenvalue weighted by atomic mass is 15.0. The van der Waals surface area contributed by atoms with Gasteiger partial charge >= 0.3 is 0 Å². The highest BCUT2D eigenvalue weighted by Crippen LogP contribution is 2.10. The molecular weight excluding hydrogens is 196 g/mol. The number of benzene rings is 1. The molecule has 0 atom stereocenters. The lowest BCUT2D eigenvalue weighted by Gasteiger charge is -2.09. The van der Waals surface area contributed by atoms with Crippen LogP contribution in [0.3, 0.4) is 0 Å². The SMILES string of the molecule is C=C(NC(C)=NCCC)c1ccc(C)cc1. The Hall–Kier alpha value is -1.57. The molecular formula is C14H20N2. The van der Waals surface area contributed by atoms with Crippen LogP contribution in [0.15, 0.2) is 35.8 Å². The molecule has 0 radical (unpaired) electrons. The van der Waals surface area contributed by atoms with Crippen LogP contribution in [-0.4, -0.2) is 12.4 Å². The fraction of sp³-hybridized carbons (Fsp3) is 0.357. The van der Waals surface area contributed by atoms with Gasteiger partial charge in [0.15, 0.2) is 0 Å². The summed E-state index contributed by atoms with van der Waals surface area (Å²) in [5, 5.41) is 3.21. The monoisotopic (exact) mass is 216 g/mol. The maximum atomic E-state index is 4.37. The molecule has 0 aliphatic carbocycles. The number of hydrogen-bond acceptors (Lipinski definition) is 1. The Bertz CT molecular complexity index is 374. The van der Waals surface area contributed by atoms with Crippen LogP contribution in [0.1, 0.15) is 31.4 Å². The van der Waals surface area contributed by atoms with E-state index in [0.29, 0.717) is 0 Å². The van der Waals surface area contributed by atoms with Crippen LogP contribution in [0.5, 0.6) is 0 Å². The Morgan fingerprint density at radius 2 is 1.94 bits per heavy atom. The molecule has 0 unspecified atom stereocenters. The van der Waals surface area contributed by atoms with E-state index in [0.717, 1.165) is 30.1 Å². The summed E-state index contributed by atoms with van der Waals surface area (Å²) in [5.41, 5.74) is 3.27. The highest BCUT2D eigenvalue weighted by molar-refractivity contribution is 5.88. The molecule has 2 nitrogen and oxygen atoms in total. The predicted molar refractivity (Wildman–Crippen MR) is 71.6 cm³/mol. The number of rotatable bonds is 4. The van der Waals surface area contributed by atoms with Crippen molar-refractivity contribution in [2.24, 2.45) is 4.99 Å². The first-order valence-corrected chi connectivity index (χ1v) is 5.67. The maximum Gasteiger partial charge on any atom is 0.0975 e. The van der Waals surface area contributed by atoms with E-state index >= 15 is 0 Å². The number of amidine groups is 1. The van der Waals surface area contributed by atoms with Crippen molar-refractivity contribution in [3.63, 3.8) is 0 Å². The van der Waals surface area contributed by atoms with Crippen LogP contribution >= 0.6 is 0 Å². The van der Waals surface area contributed by atoms with Crippen molar-refractivity contribution < 1.29 is 0 Å². The van der Waals surface area contributed by atoms with E-state index in [2.05, 4.69) is 55.0 Å². The molecule has 0 heterocycles. The van der Waals surface area contributed by atoms with Gasteiger partial charge in [-0.25, -0.2) is 0 Å². The van der Waals surface area contributed by atoms with E-state index in [-0.39, 0.29) is 0 Å². The number of aliphatic imine (C=N–C) groups is 1. The van der Waals surface area contributed by atoms with Gasteiger partial charge < -0.3 is 5.32 Å². The van der Waals surface area contributed by atoms with E-state index in [4.69, 9.17) is 0 Å². The van der Waals surface area contributed by atoms with Gasteiger partial charge in [0.1, 0.15) is 0 Å². The minimum Gasteiger partial charge on any atom is -0.344 e. The Labute approximate surface area is 98.1 Å². The lowest BCUT2D eigenvalue weighted by Crippen LogP contribution is -2.18. The van der Waals surface area contributed by atoms with Crippen LogP contribution in [0.4, 0.5) is 0 Å². The van der Waals surface area contributed by atoms with Crippen LogP contribution in [0.2, 0.25) is 0 Å². The molecule has 86 valence electrons. The topological polar surface area (TPSA) is 24.4 Å². The summed E-state index contributed by atoms with van der Waals surface area (Å²) in [5.74, 6) is 0.924. The summed E-state index contributed by atoms with van der Waals surface area (Å²) in [6, 6.07) is 8.30. The van der Waals surface area contributed by atoms with Crippen LogP contribution < -0.4 is 5.32 Å². The molecule has 1 aromatic rings.